The monoisotopic (exact) mass is 242 g/mol. The van der Waals surface area contributed by atoms with Gasteiger partial charge >= 0.3 is 0 Å². The van der Waals surface area contributed by atoms with Crippen molar-refractivity contribution in [3.8, 4) is 11.8 Å². The highest BCUT2D eigenvalue weighted by Crippen LogP contribution is 2.24. The molecule has 1 aliphatic rings. The van der Waals surface area contributed by atoms with Gasteiger partial charge in [0.1, 0.15) is 0 Å². The second kappa shape index (κ2) is 6.61. The summed E-state index contributed by atoms with van der Waals surface area (Å²) in [6, 6.07) is 8.04. The molecule has 1 atom stereocenters. The average Bonchev–Trinajstić information content (AvgIpc) is 2.90. The maximum atomic E-state index is 9.98. The normalized spacial score (nSPS) is 17.2. The molecule has 1 heteroatoms. The van der Waals surface area contributed by atoms with Gasteiger partial charge in [-0.05, 0) is 37.0 Å². The van der Waals surface area contributed by atoms with E-state index >= 15 is 0 Å². The Morgan fingerprint density at radius 3 is 2.83 bits per heavy atom. The highest BCUT2D eigenvalue weighted by Gasteiger charge is 2.11. The van der Waals surface area contributed by atoms with Crippen LogP contribution >= 0.6 is 0 Å². The number of rotatable bonds is 3. The summed E-state index contributed by atoms with van der Waals surface area (Å²) in [5.74, 6) is 7.22. The Labute approximate surface area is 110 Å². The zero-order valence-electron chi connectivity index (χ0n) is 11.2. The van der Waals surface area contributed by atoms with Gasteiger partial charge in [0, 0.05) is 11.5 Å². The second-order valence-electron chi connectivity index (χ2n) is 5.18. The molecular weight excluding hydrogens is 220 g/mol. The first-order chi connectivity index (χ1) is 8.79. The van der Waals surface area contributed by atoms with Crippen LogP contribution < -0.4 is 0 Å². The quantitative estimate of drug-likeness (QED) is 0.792. The van der Waals surface area contributed by atoms with E-state index in [4.69, 9.17) is 0 Å². The van der Waals surface area contributed by atoms with E-state index in [1.807, 2.05) is 24.3 Å². The molecular formula is C17H22O. The molecule has 1 N–H and O–H groups in total. The van der Waals surface area contributed by atoms with Gasteiger partial charge in [-0.15, -0.1) is 0 Å². The van der Waals surface area contributed by atoms with E-state index in [1.165, 1.54) is 25.7 Å². The third kappa shape index (κ3) is 3.62. The van der Waals surface area contributed by atoms with Crippen molar-refractivity contribution in [3.05, 3.63) is 35.4 Å². The number of aliphatic hydroxyl groups excluding tert-OH is 1. The Bertz CT molecular complexity index is 432. The van der Waals surface area contributed by atoms with Crippen molar-refractivity contribution in [3.63, 3.8) is 0 Å². The fraction of sp³-hybridized carbons (Fsp3) is 0.529. The number of hydrogen-bond donors (Lipinski definition) is 1. The summed E-state index contributed by atoms with van der Waals surface area (Å²) in [6.45, 7) is 2.09. The van der Waals surface area contributed by atoms with Crippen LogP contribution in [0.2, 0.25) is 0 Å². The van der Waals surface area contributed by atoms with E-state index in [1.54, 1.807) is 0 Å². The van der Waals surface area contributed by atoms with Crippen molar-refractivity contribution in [1.29, 1.82) is 0 Å². The maximum Gasteiger partial charge on any atom is 0.0790 e. The zero-order valence-corrected chi connectivity index (χ0v) is 11.2. The van der Waals surface area contributed by atoms with Crippen LogP contribution in [-0.4, -0.2) is 5.11 Å². The molecule has 1 unspecified atom stereocenters. The van der Waals surface area contributed by atoms with Gasteiger partial charge in [-0.3, -0.25) is 0 Å². The van der Waals surface area contributed by atoms with Crippen LogP contribution in [0.15, 0.2) is 24.3 Å². The summed E-state index contributed by atoms with van der Waals surface area (Å²) in [7, 11) is 0. The lowest BCUT2D eigenvalue weighted by atomic mass is 10.0. The molecule has 0 heterocycles. The van der Waals surface area contributed by atoms with Gasteiger partial charge in [0.05, 0.1) is 6.10 Å². The van der Waals surface area contributed by atoms with Crippen LogP contribution in [0.5, 0.6) is 0 Å². The lowest BCUT2D eigenvalue weighted by molar-refractivity contribution is 0.166. The Kier molecular flexibility index (Phi) is 4.84. The van der Waals surface area contributed by atoms with E-state index < -0.39 is 0 Å². The van der Waals surface area contributed by atoms with Crippen LogP contribution in [0, 0.1) is 17.8 Å². The van der Waals surface area contributed by atoms with Crippen molar-refractivity contribution in [2.24, 2.45) is 5.92 Å². The van der Waals surface area contributed by atoms with Gasteiger partial charge in [-0.2, -0.15) is 0 Å². The van der Waals surface area contributed by atoms with Crippen molar-refractivity contribution >= 4 is 0 Å². The molecule has 0 bridgehead atoms. The minimum Gasteiger partial charge on any atom is -0.388 e. The molecule has 0 aliphatic heterocycles. The van der Waals surface area contributed by atoms with Crippen molar-refractivity contribution in [2.75, 3.05) is 0 Å². The minimum atomic E-state index is -0.344. The van der Waals surface area contributed by atoms with E-state index in [0.29, 0.717) is 5.92 Å². The molecule has 1 saturated carbocycles. The molecule has 0 aromatic heterocycles. The highest BCUT2D eigenvalue weighted by atomic mass is 16.3. The molecule has 0 amide bonds. The first-order valence-corrected chi connectivity index (χ1v) is 7.09. The van der Waals surface area contributed by atoms with E-state index in [-0.39, 0.29) is 6.10 Å². The van der Waals surface area contributed by atoms with Crippen LogP contribution in [0.1, 0.15) is 62.7 Å². The molecule has 18 heavy (non-hydrogen) atoms. The Hall–Kier alpha value is -1.26. The Morgan fingerprint density at radius 1 is 1.33 bits per heavy atom. The van der Waals surface area contributed by atoms with Gasteiger partial charge in [-0.25, -0.2) is 0 Å². The van der Waals surface area contributed by atoms with Crippen LogP contribution in [0.3, 0.4) is 0 Å². The summed E-state index contributed by atoms with van der Waals surface area (Å²) in [5.41, 5.74) is 2.03. The first-order valence-electron chi connectivity index (χ1n) is 7.09. The third-order valence-electron chi connectivity index (χ3n) is 3.61. The Balaban J connectivity index is 2.06. The summed E-state index contributed by atoms with van der Waals surface area (Å²) >= 11 is 0. The predicted octanol–water partition coefficient (Wildman–Crippen LogP) is 4.06. The summed E-state index contributed by atoms with van der Waals surface area (Å²) in [5, 5.41) is 9.98. The summed E-state index contributed by atoms with van der Waals surface area (Å²) in [6.07, 6.45) is 6.64. The van der Waals surface area contributed by atoms with Crippen LogP contribution in [-0.2, 0) is 0 Å². The fourth-order valence-electron chi connectivity index (χ4n) is 2.52. The van der Waals surface area contributed by atoms with Crippen molar-refractivity contribution < 1.29 is 5.11 Å². The minimum absolute atomic E-state index is 0.344. The molecule has 1 fully saturated rings. The van der Waals surface area contributed by atoms with Gasteiger partial charge in [-0.1, -0.05) is 50.2 Å². The zero-order chi connectivity index (χ0) is 12.8. The van der Waals surface area contributed by atoms with E-state index in [0.717, 1.165) is 24.0 Å². The number of benzene rings is 1. The molecule has 1 aromatic rings. The molecule has 1 aromatic carbocycles. The standard InChI is InChI=1S/C17H22O/c1-2-6-17(18)16-10-5-9-15(13-16)12-11-14-7-3-4-8-14/h5,9-10,13-14,17-18H,2-4,6-8H2,1H3. The van der Waals surface area contributed by atoms with Crippen molar-refractivity contribution in [1.82, 2.24) is 0 Å². The van der Waals surface area contributed by atoms with E-state index in [2.05, 4.69) is 18.8 Å². The molecule has 0 radical (unpaired) electrons. The molecule has 0 spiro atoms. The predicted molar refractivity (Wildman–Crippen MR) is 75.1 cm³/mol. The molecule has 96 valence electrons. The lowest BCUT2D eigenvalue weighted by Crippen LogP contribution is -1.96. The molecule has 2 rings (SSSR count). The Morgan fingerprint density at radius 2 is 2.11 bits per heavy atom. The SMILES string of the molecule is CCCC(O)c1cccc(C#CC2CCCC2)c1. The maximum absolute atomic E-state index is 9.98. The van der Waals surface area contributed by atoms with Crippen LogP contribution in [0.4, 0.5) is 0 Å². The second-order valence-corrected chi connectivity index (χ2v) is 5.18. The van der Waals surface area contributed by atoms with Gasteiger partial charge in [0.2, 0.25) is 0 Å². The van der Waals surface area contributed by atoms with E-state index in [9.17, 15) is 5.11 Å². The van der Waals surface area contributed by atoms with Crippen molar-refractivity contribution in [2.45, 2.75) is 51.6 Å². The number of hydrogen-bond acceptors (Lipinski definition) is 1. The average molecular weight is 242 g/mol. The third-order valence-corrected chi connectivity index (χ3v) is 3.61. The van der Waals surface area contributed by atoms with Gasteiger partial charge in [0.15, 0.2) is 0 Å². The first kappa shape index (κ1) is 13.2. The molecule has 1 nitrogen and oxygen atoms in total. The van der Waals surface area contributed by atoms with Gasteiger partial charge < -0.3 is 5.11 Å². The molecule has 1 aliphatic carbocycles. The topological polar surface area (TPSA) is 20.2 Å². The summed E-state index contributed by atoms with van der Waals surface area (Å²) in [4.78, 5) is 0. The van der Waals surface area contributed by atoms with Crippen LogP contribution in [0.25, 0.3) is 0 Å². The lowest BCUT2D eigenvalue weighted by Gasteiger charge is -2.09. The summed E-state index contributed by atoms with van der Waals surface area (Å²) < 4.78 is 0. The number of aliphatic hydroxyl groups is 1. The van der Waals surface area contributed by atoms with Gasteiger partial charge in [0.25, 0.3) is 0 Å². The highest BCUT2D eigenvalue weighted by molar-refractivity contribution is 5.38. The molecule has 0 saturated heterocycles. The largest absolute Gasteiger partial charge is 0.388 e. The smallest absolute Gasteiger partial charge is 0.0790 e. The fourth-order valence-corrected chi connectivity index (χ4v) is 2.52.